The van der Waals surface area contributed by atoms with E-state index in [-0.39, 0.29) is 23.8 Å². The van der Waals surface area contributed by atoms with Gasteiger partial charge in [0.1, 0.15) is 0 Å². The molecule has 2 atom stereocenters. The van der Waals surface area contributed by atoms with Gasteiger partial charge in [0.25, 0.3) is 0 Å². The Morgan fingerprint density at radius 1 is 1.59 bits per heavy atom. The van der Waals surface area contributed by atoms with Crippen molar-refractivity contribution in [1.29, 1.82) is 0 Å². The Balaban J connectivity index is 1.95. The molecular weight excluding hydrogens is 220 g/mol. The maximum absolute atomic E-state index is 12.3. The van der Waals surface area contributed by atoms with Crippen LogP contribution < -0.4 is 5.32 Å². The Morgan fingerprint density at radius 2 is 2.41 bits per heavy atom. The van der Waals surface area contributed by atoms with Crippen LogP contribution in [0, 0.1) is 5.92 Å². The van der Waals surface area contributed by atoms with Gasteiger partial charge in [-0.15, -0.1) is 0 Å². The summed E-state index contributed by atoms with van der Waals surface area (Å²) in [6.45, 7) is 4.51. The van der Waals surface area contributed by atoms with Crippen LogP contribution in [0.25, 0.3) is 0 Å². The molecule has 0 aromatic carbocycles. The first-order chi connectivity index (χ1) is 8.22. The predicted molar refractivity (Wildman–Crippen MR) is 62.3 cm³/mol. The fraction of sp³-hybridized carbons (Fsp3) is 0.833. The van der Waals surface area contributed by atoms with E-state index in [0.29, 0.717) is 39.1 Å². The second-order valence-electron chi connectivity index (χ2n) is 4.71. The normalized spacial score (nSPS) is 29.9. The average molecular weight is 240 g/mol. The average Bonchev–Trinajstić information content (AvgIpc) is 2.39. The zero-order chi connectivity index (χ0) is 12.3. The van der Waals surface area contributed by atoms with Crippen molar-refractivity contribution in [2.24, 2.45) is 5.92 Å². The molecule has 0 aromatic rings. The van der Waals surface area contributed by atoms with Crippen molar-refractivity contribution in [2.75, 3.05) is 26.3 Å². The Kier molecular flexibility index (Phi) is 3.99. The third kappa shape index (κ3) is 2.77. The summed E-state index contributed by atoms with van der Waals surface area (Å²) in [4.78, 5) is 25.4. The molecule has 0 bridgehead atoms. The zero-order valence-corrected chi connectivity index (χ0v) is 10.3. The summed E-state index contributed by atoms with van der Waals surface area (Å²) in [5.74, 6) is 0.197. The predicted octanol–water partition coefficient (Wildman–Crippen LogP) is 0.150. The van der Waals surface area contributed by atoms with Gasteiger partial charge < -0.3 is 15.0 Å². The molecule has 96 valence electrons. The number of nitrogens with one attached hydrogen (secondary N) is 1. The summed E-state index contributed by atoms with van der Waals surface area (Å²) in [5.41, 5.74) is 0. The number of carbonyl (C=O) groups is 2. The molecule has 2 amide bonds. The number of amides is 2. The lowest BCUT2D eigenvalue weighted by Crippen LogP contribution is -2.53. The first-order valence-corrected chi connectivity index (χ1v) is 6.37. The van der Waals surface area contributed by atoms with E-state index < -0.39 is 0 Å². The number of nitrogens with zero attached hydrogens (tertiary/aromatic N) is 1. The monoisotopic (exact) mass is 240 g/mol. The van der Waals surface area contributed by atoms with Crippen LogP contribution in [0.5, 0.6) is 0 Å². The lowest BCUT2D eigenvalue weighted by molar-refractivity contribution is -0.145. The molecule has 0 spiro atoms. The van der Waals surface area contributed by atoms with E-state index in [1.54, 1.807) is 0 Å². The number of morpholine rings is 1. The highest BCUT2D eigenvalue weighted by atomic mass is 16.5. The second kappa shape index (κ2) is 5.49. The first kappa shape index (κ1) is 12.4. The molecule has 2 aliphatic heterocycles. The number of rotatable bonds is 2. The quantitative estimate of drug-likeness (QED) is 0.747. The summed E-state index contributed by atoms with van der Waals surface area (Å²) in [6.07, 6.45) is 2.07. The van der Waals surface area contributed by atoms with Crippen molar-refractivity contribution < 1.29 is 14.3 Å². The molecule has 0 aliphatic carbocycles. The number of piperidine rings is 1. The maximum Gasteiger partial charge on any atom is 0.227 e. The van der Waals surface area contributed by atoms with E-state index in [2.05, 4.69) is 12.2 Å². The van der Waals surface area contributed by atoms with Crippen molar-refractivity contribution in [3.05, 3.63) is 0 Å². The van der Waals surface area contributed by atoms with Crippen molar-refractivity contribution in [2.45, 2.75) is 32.2 Å². The van der Waals surface area contributed by atoms with E-state index >= 15 is 0 Å². The molecule has 2 heterocycles. The number of hydrogen-bond donors (Lipinski definition) is 1. The van der Waals surface area contributed by atoms with E-state index in [1.807, 2.05) is 4.90 Å². The Bertz CT molecular complexity index is 296. The van der Waals surface area contributed by atoms with E-state index in [9.17, 15) is 9.59 Å². The van der Waals surface area contributed by atoms with E-state index in [0.717, 1.165) is 6.42 Å². The van der Waals surface area contributed by atoms with Gasteiger partial charge in [-0.1, -0.05) is 6.92 Å². The third-order valence-corrected chi connectivity index (χ3v) is 3.60. The molecular formula is C12H20N2O3. The highest BCUT2D eigenvalue weighted by Gasteiger charge is 2.32. The SMILES string of the molecule is CCC1COCCN1C(=O)C1CCC(=O)NC1. The molecule has 1 N–H and O–H groups in total. The molecule has 0 aromatic heterocycles. The number of hydrogen-bond acceptors (Lipinski definition) is 3. The van der Waals surface area contributed by atoms with Crippen LogP contribution in [0.15, 0.2) is 0 Å². The van der Waals surface area contributed by atoms with Gasteiger partial charge in [0.2, 0.25) is 11.8 Å². The summed E-state index contributed by atoms with van der Waals surface area (Å²) in [5, 5.41) is 2.77. The fourth-order valence-electron chi connectivity index (χ4n) is 2.46. The minimum Gasteiger partial charge on any atom is -0.377 e. The summed E-state index contributed by atoms with van der Waals surface area (Å²) < 4.78 is 5.39. The molecule has 2 aliphatic rings. The minimum absolute atomic E-state index is 0.0418. The molecule has 5 nitrogen and oxygen atoms in total. The van der Waals surface area contributed by atoms with Gasteiger partial charge in [-0.25, -0.2) is 0 Å². The lowest BCUT2D eigenvalue weighted by Gasteiger charge is -2.38. The van der Waals surface area contributed by atoms with Crippen LogP contribution >= 0.6 is 0 Å². The van der Waals surface area contributed by atoms with Crippen LogP contribution in [0.3, 0.4) is 0 Å². The lowest BCUT2D eigenvalue weighted by atomic mass is 9.96. The van der Waals surface area contributed by atoms with Gasteiger partial charge in [-0.3, -0.25) is 9.59 Å². The van der Waals surface area contributed by atoms with Gasteiger partial charge in [0.05, 0.1) is 25.2 Å². The van der Waals surface area contributed by atoms with Gasteiger partial charge in [-0.2, -0.15) is 0 Å². The number of ether oxygens (including phenoxy) is 1. The molecule has 2 rings (SSSR count). The standard InChI is InChI=1S/C12H20N2O3/c1-2-10-8-17-6-5-14(10)12(16)9-3-4-11(15)13-7-9/h9-10H,2-8H2,1H3,(H,13,15). The molecule has 0 radical (unpaired) electrons. The smallest absolute Gasteiger partial charge is 0.227 e. The Morgan fingerprint density at radius 3 is 3.06 bits per heavy atom. The Labute approximate surface area is 101 Å². The summed E-state index contributed by atoms with van der Waals surface area (Å²) in [7, 11) is 0. The van der Waals surface area contributed by atoms with Crippen molar-refractivity contribution in [3.63, 3.8) is 0 Å². The summed E-state index contributed by atoms with van der Waals surface area (Å²) in [6, 6.07) is 0.203. The van der Waals surface area contributed by atoms with Crippen LogP contribution in [0.1, 0.15) is 26.2 Å². The molecule has 2 fully saturated rings. The maximum atomic E-state index is 12.3. The fourth-order valence-corrected chi connectivity index (χ4v) is 2.46. The van der Waals surface area contributed by atoms with Crippen molar-refractivity contribution in [1.82, 2.24) is 10.2 Å². The van der Waals surface area contributed by atoms with E-state index in [1.165, 1.54) is 0 Å². The molecule has 2 saturated heterocycles. The largest absolute Gasteiger partial charge is 0.377 e. The van der Waals surface area contributed by atoms with Crippen LogP contribution in [0.4, 0.5) is 0 Å². The third-order valence-electron chi connectivity index (χ3n) is 3.60. The van der Waals surface area contributed by atoms with Gasteiger partial charge >= 0.3 is 0 Å². The van der Waals surface area contributed by atoms with Crippen molar-refractivity contribution >= 4 is 11.8 Å². The highest BCUT2D eigenvalue weighted by molar-refractivity contribution is 5.84. The van der Waals surface area contributed by atoms with Crippen LogP contribution in [-0.4, -0.2) is 49.1 Å². The molecule has 17 heavy (non-hydrogen) atoms. The van der Waals surface area contributed by atoms with E-state index in [4.69, 9.17) is 4.74 Å². The number of carbonyl (C=O) groups excluding carboxylic acids is 2. The van der Waals surface area contributed by atoms with Gasteiger partial charge in [0, 0.05) is 19.5 Å². The molecule has 0 saturated carbocycles. The topological polar surface area (TPSA) is 58.6 Å². The Hall–Kier alpha value is -1.10. The van der Waals surface area contributed by atoms with Crippen LogP contribution in [0.2, 0.25) is 0 Å². The second-order valence-corrected chi connectivity index (χ2v) is 4.71. The van der Waals surface area contributed by atoms with Gasteiger partial charge in [0.15, 0.2) is 0 Å². The first-order valence-electron chi connectivity index (χ1n) is 6.37. The summed E-state index contributed by atoms with van der Waals surface area (Å²) >= 11 is 0. The molecule has 5 heteroatoms. The minimum atomic E-state index is -0.0418. The highest BCUT2D eigenvalue weighted by Crippen LogP contribution is 2.18. The molecule has 2 unspecified atom stereocenters. The zero-order valence-electron chi connectivity index (χ0n) is 10.3. The van der Waals surface area contributed by atoms with Crippen molar-refractivity contribution in [3.8, 4) is 0 Å². The van der Waals surface area contributed by atoms with Crippen LogP contribution in [-0.2, 0) is 14.3 Å². The van der Waals surface area contributed by atoms with Gasteiger partial charge in [-0.05, 0) is 12.8 Å².